The average molecular weight is 308 g/mol. The number of allylic oxidation sites excluding steroid dienone is 1. The van der Waals surface area contributed by atoms with Gasteiger partial charge in [0, 0.05) is 5.56 Å². The van der Waals surface area contributed by atoms with E-state index in [2.05, 4.69) is 15.4 Å². The summed E-state index contributed by atoms with van der Waals surface area (Å²) in [6, 6.07) is 13.5. The molecule has 6 heteroatoms. The number of nitrogens with zero attached hydrogens (tertiary/aromatic N) is 3. The highest BCUT2D eigenvalue weighted by Crippen LogP contribution is 2.34. The Morgan fingerprint density at radius 1 is 1.13 bits per heavy atom. The van der Waals surface area contributed by atoms with Gasteiger partial charge in [-0.3, -0.25) is 0 Å². The number of phenolic OH excluding ortho intramolecular Hbond substituents is 1. The second-order valence-corrected chi connectivity index (χ2v) is 5.25. The van der Waals surface area contributed by atoms with E-state index in [0.29, 0.717) is 17.2 Å². The molecule has 0 saturated carbocycles. The first-order valence-corrected chi connectivity index (χ1v) is 7.14. The third kappa shape index (κ3) is 2.34. The smallest absolute Gasteiger partial charge is 0.226 e. The molecule has 2 aromatic carbocycles. The molecule has 1 aromatic heterocycles. The standard InChI is InChI=1S/C17H13FN4O/c18-12-6-7-16(23)13(8-12)14-9-15(11-4-2-1-3-5-11)22-17(21-14)19-10-20-22/h1-10,15,23H,(H,19,20,21). The zero-order valence-corrected chi connectivity index (χ0v) is 12.0. The third-order valence-electron chi connectivity index (χ3n) is 3.80. The predicted octanol–water partition coefficient (Wildman–Crippen LogP) is 3.18. The third-order valence-corrected chi connectivity index (χ3v) is 3.80. The van der Waals surface area contributed by atoms with Crippen molar-refractivity contribution < 1.29 is 9.50 Å². The van der Waals surface area contributed by atoms with Crippen LogP contribution in [0.4, 0.5) is 10.3 Å². The van der Waals surface area contributed by atoms with Crippen LogP contribution < -0.4 is 5.32 Å². The quantitative estimate of drug-likeness (QED) is 0.763. The van der Waals surface area contributed by atoms with Crippen molar-refractivity contribution in [3.63, 3.8) is 0 Å². The van der Waals surface area contributed by atoms with Gasteiger partial charge in [-0.15, -0.1) is 0 Å². The van der Waals surface area contributed by atoms with Crippen LogP contribution in [0.2, 0.25) is 0 Å². The average Bonchev–Trinajstić information content (AvgIpc) is 3.05. The van der Waals surface area contributed by atoms with Gasteiger partial charge in [0.2, 0.25) is 5.95 Å². The molecule has 0 fully saturated rings. The van der Waals surface area contributed by atoms with E-state index >= 15 is 0 Å². The monoisotopic (exact) mass is 308 g/mol. The maximum Gasteiger partial charge on any atom is 0.226 e. The van der Waals surface area contributed by atoms with E-state index in [1.54, 1.807) is 4.68 Å². The Bertz CT molecular complexity index is 889. The van der Waals surface area contributed by atoms with Crippen molar-refractivity contribution in [2.24, 2.45) is 0 Å². The lowest BCUT2D eigenvalue weighted by Gasteiger charge is -2.24. The van der Waals surface area contributed by atoms with Crippen LogP contribution in [0, 0.1) is 5.82 Å². The summed E-state index contributed by atoms with van der Waals surface area (Å²) in [4.78, 5) is 4.18. The summed E-state index contributed by atoms with van der Waals surface area (Å²) in [6.45, 7) is 0. The van der Waals surface area contributed by atoms with E-state index in [-0.39, 0.29) is 11.8 Å². The highest BCUT2D eigenvalue weighted by molar-refractivity contribution is 5.80. The number of phenols is 1. The summed E-state index contributed by atoms with van der Waals surface area (Å²) >= 11 is 0. The van der Waals surface area contributed by atoms with Gasteiger partial charge in [0.05, 0.1) is 5.70 Å². The minimum absolute atomic E-state index is 0.00456. The van der Waals surface area contributed by atoms with Crippen LogP contribution in [0.25, 0.3) is 5.70 Å². The van der Waals surface area contributed by atoms with Crippen molar-refractivity contribution in [3.05, 3.63) is 77.9 Å². The zero-order chi connectivity index (χ0) is 15.8. The van der Waals surface area contributed by atoms with Gasteiger partial charge in [-0.05, 0) is 29.8 Å². The number of fused-ring (bicyclic) bond motifs is 1. The number of anilines is 1. The van der Waals surface area contributed by atoms with E-state index in [1.807, 2.05) is 36.4 Å². The maximum absolute atomic E-state index is 13.6. The Hall–Kier alpha value is -3.15. The number of nitrogens with one attached hydrogen (secondary N) is 1. The van der Waals surface area contributed by atoms with Gasteiger partial charge in [0.25, 0.3) is 0 Å². The van der Waals surface area contributed by atoms with Crippen molar-refractivity contribution in [2.45, 2.75) is 6.04 Å². The highest BCUT2D eigenvalue weighted by Gasteiger charge is 2.24. The van der Waals surface area contributed by atoms with Crippen LogP contribution in [0.5, 0.6) is 5.75 Å². The molecule has 1 aliphatic heterocycles. The molecule has 2 heterocycles. The van der Waals surface area contributed by atoms with Gasteiger partial charge < -0.3 is 10.4 Å². The number of aromatic nitrogens is 3. The van der Waals surface area contributed by atoms with Crippen molar-refractivity contribution >= 4 is 11.6 Å². The first kappa shape index (κ1) is 13.5. The van der Waals surface area contributed by atoms with E-state index in [9.17, 15) is 9.50 Å². The number of rotatable bonds is 2. The molecule has 0 bridgehead atoms. The van der Waals surface area contributed by atoms with Crippen molar-refractivity contribution in [3.8, 4) is 5.75 Å². The number of hydrogen-bond donors (Lipinski definition) is 2. The SMILES string of the molecule is Oc1ccc(F)cc1C1=CC(c2ccccc2)n2ncnc2N1. The predicted molar refractivity (Wildman–Crippen MR) is 84.3 cm³/mol. The molecule has 5 nitrogen and oxygen atoms in total. The summed E-state index contributed by atoms with van der Waals surface area (Å²) in [5.41, 5.74) is 2.01. The summed E-state index contributed by atoms with van der Waals surface area (Å²) in [6.07, 6.45) is 3.35. The highest BCUT2D eigenvalue weighted by atomic mass is 19.1. The molecule has 2 N–H and O–H groups in total. The lowest BCUT2D eigenvalue weighted by molar-refractivity contribution is 0.471. The van der Waals surface area contributed by atoms with E-state index in [4.69, 9.17) is 0 Å². The minimum Gasteiger partial charge on any atom is -0.507 e. The molecule has 1 atom stereocenters. The number of halogens is 1. The van der Waals surface area contributed by atoms with Gasteiger partial charge in [-0.2, -0.15) is 10.1 Å². The van der Waals surface area contributed by atoms with Crippen LogP contribution in [0.3, 0.4) is 0 Å². The fourth-order valence-electron chi connectivity index (χ4n) is 2.70. The van der Waals surface area contributed by atoms with Gasteiger partial charge >= 0.3 is 0 Å². The van der Waals surface area contributed by atoms with E-state index in [0.717, 1.165) is 5.56 Å². The van der Waals surface area contributed by atoms with E-state index in [1.165, 1.54) is 24.5 Å². The van der Waals surface area contributed by atoms with Crippen molar-refractivity contribution in [2.75, 3.05) is 5.32 Å². The van der Waals surface area contributed by atoms with Crippen molar-refractivity contribution in [1.29, 1.82) is 0 Å². The Labute approximate surface area is 131 Å². The van der Waals surface area contributed by atoms with Gasteiger partial charge in [-0.1, -0.05) is 30.3 Å². The molecule has 0 radical (unpaired) electrons. The molecule has 0 saturated heterocycles. The van der Waals surface area contributed by atoms with Crippen LogP contribution >= 0.6 is 0 Å². The zero-order valence-electron chi connectivity index (χ0n) is 12.0. The molecule has 0 amide bonds. The minimum atomic E-state index is -0.413. The molecular weight excluding hydrogens is 295 g/mol. The first-order chi connectivity index (χ1) is 11.2. The van der Waals surface area contributed by atoms with Crippen LogP contribution in [0.1, 0.15) is 17.2 Å². The Balaban J connectivity index is 1.85. The molecular formula is C17H13FN4O. The Morgan fingerprint density at radius 3 is 2.78 bits per heavy atom. The number of benzene rings is 2. The molecule has 114 valence electrons. The molecule has 3 aromatic rings. The second-order valence-electron chi connectivity index (χ2n) is 5.25. The van der Waals surface area contributed by atoms with Crippen molar-refractivity contribution in [1.82, 2.24) is 14.8 Å². The van der Waals surface area contributed by atoms with Crippen LogP contribution in [0.15, 0.2) is 60.9 Å². The number of hydrogen-bond acceptors (Lipinski definition) is 4. The van der Waals surface area contributed by atoms with Gasteiger partial charge in [0.15, 0.2) is 0 Å². The normalized spacial score (nSPS) is 16.4. The maximum atomic E-state index is 13.6. The Morgan fingerprint density at radius 2 is 1.96 bits per heavy atom. The fraction of sp³-hybridized carbons (Fsp3) is 0.0588. The largest absolute Gasteiger partial charge is 0.507 e. The summed E-state index contributed by atoms with van der Waals surface area (Å²) in [5.74, 6) is 0.133. The first-order valence-electron chi connectivity index (χ1n) is 7.14. The molecule has 4 rings (SSSR count). The summed E-state index contributed by atoms with van der Waals surface area (Å²) < 4.78 is 15.3. The second kappa shape index (κ2) is 5.24. The fourth-order valence-corrected chi connectivity index (χ4v) is 2.70. The topological polar surface area (TPSA) is 63.0 Å². The number of aromatic hydroxyl groups is 1. The van der Waals surface area contributed by atoms with Gasteiger partial charge in [-0.25, -0.2) is 9.07 Å². The molecule has 0 aliphatic carbocycles. The van der Waals surface area contributed by atoms with Crippen LogP contribution in [-0.2, 0) is 0 Å². The summed E-state index contributed by atoms with van der Waals surface area (Å²) in [7, 11) is 0. The lowest BCUT2D eigenvalue weighted by atomic mass is 10.0. The van der Waals surface area contributed by atoms with E-state index < -0.39 is 5.82 Å². The van der Waals surface area contributed by atoms with Crippen LogP contribution in [-0.4, -0.2) is 19.9 Å². The Kier molecular flexibility index (Phi) is 3.08. The lowest BCUT2D eigenvalue weighted by Crippen LogP contribution is -2.20. The molecule has 0 spiro atoms. The molecule has 1 aliphatic rings. The molecule has 23 heavy (non-hydrogen) atoms. The van der Waals surface area contributed by atoms with Gasteiger partial charge in [0.1, 0.15) is 23.9 Å². The summed E-state index contributed by atoms with van der Waals surface area (Å²) in [5, 5.41) is 17.4. The molecule has 1 unspecified atom stereocenters.